The van der Waals surface area contributed by atoms with Gasteiger partial charge in [-0.1, -0.05) is 0 Å². The van der Waals surface area contributed by atoms with Crippen LogP contribution in [-0.2, 0) is 4.79 Å². The Morgan fingerprint density at radius 2 is 0.808 bits per heavy atom. The first-order chi connectivity index (χ1) is 11.0. The van der Waals surface area contributed by atoms with Gasteiger partial charge in [-0.25, -0.2) is 0 Å². The van der Waals surface area contributed by atoms with Crippen molar-refractivity contribution in [2.24, 2.45) is 4.99 Å². The fourth-order valence-electron chi connectivity index (χ4n) is 1.17. The van der Waals surface area contributed by atoms with E-state index >= 15 is 0 Å². The molecule has 0 aliphatic rings. The predicted octanol–water partition coefficient (Wildman–Crippen LogP) is 4.11. The summed E-state index contributed by atoms with van der Waals surface area (Å²) in [5, 5.41) is 0. The maximum absolute atomic E-state index is 12.3. The molecule has 0 heterocycles. The van der Waals surface area contributed by atoms with Gasteiger partial charge in [-0.2, -0.15) is 14.8 Å². The summed E-state index contributed by atoms with van der Waals surface area (Å²) in [6.07, 6.45) is -34.8. The molecule has 0 aromatic heterocycles. The van der Waals surface area contributed by atoms with Crippen LogP contribution in [0, 0.1) is 0 Å². The average Bonchev–Trinajstić information content (AvgIpc) is 2.16. The van der Waals surface area contributed by atoms with Gasteiger partial charge in [0.05, 0.1) is 0 Å². The number of rotatable bonds is 0. The molecule has 0 fully saturated rings. The zero-order valence-corrected chi connectivity index (χ0v) is 10.9. The number of aliphatic imine (C=N–C) groups is 1. The van der Waals surface area contributed by atoms with E-state index in [1.165, 1.54) is 0 Å². The fourth-order valence-corrected chi connectivity index (χ4v) is 1.17. The lowest BCUT2D eigenvalue weighted by molar-refractivity contribution is -0.360. The molecule has 0 bridgehead atoms. The second kappa shape index (κ2) is 6.56. The lowest BCUT2D eigenvalue weighted by Crippen LogP contribution is -2.62. The first kappa shape index (κ1) is 23.9. The lowest BCUT2D eigenvalue weighted by atomic mass is 10.4. The zero-order chi connectivity index (χ0) is 21.5. The van der Waals surface area contributed by atoms with Gasteiger partial charge in [0.15, 0.2) is 0 Å². The van der Waals surface area contributed by atoms with Crippen molar-refractivity contribution in [3.05, 3.63) is 0 Å². The van der Waals surface area contributed by atoms with Crippen LogP contribution in [0.15, 0.2) is 4.99 Å². The third kappa shape index (κ3) is 6.32. The second-order valence-corrected chi connectivity index (χ2v) is 3.75. The Morgan fingerprint density at radius 3 is 1.00 bits per heavy atom. The molecule has 26 heavy (non-hydrogen) atoms. The summed E-state index contributed by atoms with van der Waals surface area (Å²) in [6, 6.07) is 0. The Kier molecular flexibility index (Phi) is 6.03. The summed E-state index contributed by atoms with van der Waals surface area (Å²) in [5.74, 6) is -8.69. The highest BCUT2D eigenvalue weighted by atomic mass is 19.4. The van der Waals surface area contributed by atoms with Gasteiger partial charge >= 0.3 is 37.4 Å². The number of alkyl halides is 15. The molecule has 0 aliphatic heterocycles. The van der Waals surface area contributed by atoms with Crippen LogP contribution in [0.1, 0.15) is 0 Å². The Labute approximate surface area is 130 Å². The molecule has 4 nitrogen and oxygen atoms in total. The van der Waals surface area contributed by atoms with Crippen LogP contribution in [-0.4, -0.2) is 53.0 Å². The van der Waals surface area contributed by atoms with Crippen molar-refractivity contribution in [3.63, 3.8) is 0 Å². The molecule has 1 amide bonds. The van der Waals surface area contributed by atoms with Crippen LogP contribution in [0.4, 0.5) is 65.9 Å². The summed E-state index contributed by atoms with van der Waals surface area (Å²) in [6.45, 7) is 0. The Bertz CT molecular complexity index is 518. The van der Waals surface area contributed by atoms with E-state index in [1.807, 2.05) is 0 Å². The molecule has 0 aromatic rings. The van der Waals surface area contributed by atoms with Crippen LogP contribution in [0.2, 0.25) is 0 Å². The van der Waals surface area contributed by atoms with Crippen LogP contribution < -0.4 is 0 Å². The number of amides is 1. The van der Waals surface area contributed by atoms with Crippen LogP contribution >= 0.6 is 0 Å². The number of carbonyl (C=O) groups excluding carboxylic acids is 1. The van der Waals surface area contributed by atoms with E-state index in [-0.39, 0.29) is 0 Å². The predicted molar refractivity (Wildman–Crippen MR) is 46.4 cm³/mol. The number of halogens is 15. The summed E-state index contributed by atoms with van der Waals surface area (Å²) in [5.41, 5.74) is 0. The molecule has 0 rings (SSSR count). The minimum absolute atomic E-state index is 0.501. The minimum atomic E-state index is -7.10. The second-order valence-electron chi connectivity index (χ2n) is 3.75. The van der Waals surface area contributed by atoms with E-state index < -0.39 is 53.0 Å². The first-order valence-electron chi connectivity index (χ1n) is 5.08. The molecule has 0 unspecified atom stereocenters. The van der Waals surface area contributed by atoms with Gasteiger partial charge in [-0.15, -0.1) is 65.9 Å². The van der Waals surface area contributed by atoms with Gasteiger partial charge in [0, 0.05) is 0 Å². The molecule has 0 saturated heterocycles. The summed E-state index contributed by atoms with van der Waals surface area (Å²) < 4.78 is 183. The summed E-state index contributed by atoms with van der Waals surface area (Å²) in [4.78, 5) is 4.39. The van der Waals surface area contributed by atoms with E-state index in [9.17, 15) is 70.7 Å². The van der Waals surface area contributed by atoms with Crippen molar-refractivity contribution in [2.75, 3.05) is 0 Å². The largest absolute Gasteiger partial charge is 0.505 e. The fraction of sp³-hybridized carbons (Fsp3) is 0.714. The SMILES string of the molecule is O=C(C(=NC(F)(F)F)N(C(F)(F)F)C(F)(F)F)N(C(F)(F)F)C(F)(F)F. The Balaban J connectivity index is 6.74. The van der Waals surface area contributed by atoms with Gasteiger partial charge in [-0.05, 0) is 0 Å². The molecule has 19 heteroatoms. The van der Waals surface area contributed by atoms with Crippen molar-refractivity contribution < 1.29 is 70.7 Å². The van der Waals surface area contributed by atoms with Crippen molar-refractivity contribution in [3.8, 4) is 0 Å². The van der Waals surface area contributed by atoms with Crippen LogP contribution in [0.5, 0.6) is 0 Å². The Morgan fingerprint density at radius 1 is 0.538 bits per heavy atom. The number of hydrogen-bond acceptors (Lipinski definition) is 2. The molecule has 154 valence electrons. The van der Waals surface area contributed by atoms with Crippen molar-refractivity contribution in [1.29, 1.82) is 0 Å². The van der Waals surface area contributed by atoms with Crippen molar-refractivity contribution in [1.82, 2.24) is 9.80 Å². The maximum Gasteiger partial charge on any atom is 0.505 e. The molecule has 0 atom stereocenters. The van der Waals surface area contributed by atoms with Crippen molar-refractivity contribution >= 4 is 11.7 Å². The monoisotopic (exact) mass is 427 g/mol. The van der Waals surface area contributed by atoms with Crippen molar-refractivity contribution in [2.45, 2.75) is 31.5 Å². The molecular formula is C7F15N3O. The molecule has 0 aromatic carbocycles. The standard InChI is InChI=1S/C7F15N3O/c8-3(9,10)23-1(24(4(11,12)13)5(14,15)16)2(26)25(6(17,18)19)7(20,21)22. The van der Waals surface area contributed by atoms with E-state index in [2.05, 4.69) is 0 Å². The smallest absolute Gasteiger partial charge is 0.265 e. The zero-order valence-electron chi connectivity index (χ0n) is 10.9. The number of nitrogens with zero attached hydrogens (tertiary/aromatic N) is 3. The van der Waals surface area contributed by atoms with Gasteiger partial charge in [0.25, 0.3) is 0 Å². The van der Waals surface area contributed by atoms with Gasteiger partial charge in [0.2, 0.25) is 5.84 Å². The third-order valence-corrected chi connectivity index (χ3v) is 1.85. The van der Waals surface area contributed by atoms with E-state index in [0.29, 0.717) is 4.99 Å². The number of carbonyl (C=O) groups is 1. The highest BCUT2D eigenvalue weighted by molar-refractivity contribution is 6.38. The van der Waals surface area contributed by atoms with Crippen LogP contribution in [0.3, 0.4) is 0 Å². The number of hydrogen-bond donors (Lipinski definition) is 0. The van der Waals surface area contributed by atoms with E-state index in [1.54, 1.807) is 0 Å². The van der Waals surface area contributed by atoms with E-state index in [4.69, 9.17) is 0 Å². The average molecular weight is 427 g/mol. The molecule has 0 aliphatic carbocycles. The van der Waals surface area contributed by atoms with Gasteiger partial charge < -0.3 is 0 Å². The van der Waals surface area contributed by atoms with Crippen LogP contribution in [0.25, 0.3) is 0 Å². The summed E-state index contributed by atoms with van der Waals surface area (Å²) in [7, 11) is 0. The topological polar surface area (TPSA) is 35.9 Å². The number of amidine groups is 1. The highest BCUT2D eigenvalue weighted by Gasteiger charge is 2.64. The summed E-state index contributed by atoms with van der Waals surface area (Å²) >= 11 is 0. The first-order valence-corrected chi connectivity index (χ1v) is 5.08. The van der Waals surface area contributed by atoms with E-state index in [0.717, 1.165) is 0 Å². The quantitative estimate of drug-likeness (QED) is 0.253. The molecule has 0 radical (unpaired) electrons. The lowest BCUT2D eigenvalue weighted by Gasteiger charge is -2.32. The molecular weight excluding hydrogens is 427 g/mol. The minimum Gasteiger partial charge on any atom is -0.265 e. The molecule has 0 N–H and O–H groups in total. The van der Waals surface area contributed by atoms with Gasteiger partial charge in [-0.3, -0.25) is 4.79 Å². The third-order valence-electron chi connectivity index (χ3n) is 1.85. The van der Waals surface area contributed by atoms with Gasteiger partial charge in [0.1, 0.15) is 0 Å². The Hall–Kier alpha value is -2.11. The molecule has 0 spiro atoms. The highest BCUT2D eigenvalue weighted by Crippen LogP contribution is 2.39. The molecule has 0 saturated carbocycles. The normalized spacial score (nSPS) is 15.1. The maximum atomic E-state index is 12.3.